The van der Waals surface area contributed by atoms with Gasteiger partial charge in [0.2, 0.25) is 0 Å². The molecule has 2 aliphatic carbocycles. The molecule has 0 unspecified atom stereocenters. The third kappa shape index (κ3) is 3.80. The summed E-state index contributed by atoms with van der Waals surface area (Å²) in [7, 11) is 2.27. The van der Waals surface area contributed by atoms with E-state index in [9.17, 15) is 0 Å². The first-order valence-electron chi connectivity index (χ1n) is 7.80. The van der Waals surface area contributed by atoms with E-state index in [4.69, 9.17) is 0 Å². The lowest BCUT2D eigenvalue weighted by atomic mass is 9.85. The lowest BCUT2D eigenvalue weighted by Crippen LogP contribution is -2.29. The fourth-order valence-corrected chi connectivity index (χ4v) is 2.90. The summed E-state index contributed by atoms with van der Waals surface area (Å²) in [5.74, 6) is 0.960. The summed E-state index contributed by atoms with van der Waals surface area (Å²) in [6.07, 6.45) is 7.05. The van der Waals surface area contributed by atoms with Crippen LogP contribution < -0.4 is 5.32 Å². The molecule has 0 bridgehead atoms. The Balaban J connectivity index is 1.55. The molecule has 0 amide bonds. The first-order chi connectivity index (χ1) is 9.31. The van der Waals surface area contributed by atoms with Crippen LogP contribution in [0.15, 0.2) is 24.3 Å². The third-order valence-electron chi connectivity index (χ3n) is 4.51. The molecule has 2 aliphatic rings. The fourth-order valence-electron chi connectivity index (χ4n) is 2.90. The van der Waals surface area contributed by atoms with Gasteiger partial charge in [0.05, 0.1) is 0 Å². The van der Waals surface area contributed by atoms with Gasteiger partial charge in [-0.3, -0.25) is 0 Å². The zero-order valence-electron chi connectivity index (χ0n) is 12.1. The normalized spacial score (nSPS) is 19.7. The maximum atomic E-state index is 3.63. The second kappa shape index (κ2) is 6.06. The van der Waals surface area contributed by atoms with Crippen LogP contribution in [-0.2, 0) is 13.1 Å². The highest BCUT2D eigenvalue weighted by Gasteiger charge is 2.21. The smallest absolute Gasteiger partial charge is 0.0234 e. The molecule has 0 heterocycles. The molecule has 2 saturated carbocycles. The van der Waals surface area contributed by atoms with Gasteiger partial charge >= 0.3 is 0 Å². The van der Waals surface area contributed by atoms with Crippen LogP contribution in [-0.4, -0.2) is 24.5 Å². The Labute approximate surface area is 117 Å². The zero-order chi connectivity index (χ0) is 13.1. The average Bonchev–Trinajstić information content (AvgIpc) is 3.17. The zero-order valence-corrected chi connectivity index (χ0v) is 12.1. The van der Waals surface area contributed by atoms with Gasteiger partial charge in [0.15, 0.2) is 0 Å². The molecule has 1 aromatic carbocycles. The molecule has 1 aromatic rings. The van der Waals surface area contributed by atoms with E-state index in [2.05, 4.69) is 41.5 Å². The van der Waals surface area contributed by atoms with Crippen molar-refractivity contribution < 1.29 is 0 Å². The predicted molar refractivity (Wildman–Crippen MR) is 80.0 cm³/mol. The summed E-state index contributed by atoms with van der Waals surface area (Å²) in [4.78, 5) is 2.50. The van der Waals surface area contributed by atoms with Gasteiger partial charge in [-0.15, -0.1) is 0 Å². The van der Waals surface area contributed by atoms with E-state index in [0.717, 1.165) is 25.0 Å². The predicted octanol–water partition coefficient (Wildman–Crippen LogP) is 3.17. The van der Waals surface area contributed by atoms with E-state index in [1.165, 1.54) is 49.8 Å². The first kappa shape index (κ1) is 13.1. The van der Waals surface area contributed by atoms with Crippen LogP contribution in [0.25, 0.3) is 0 Å². The van der Waals surface area contributed by atoms with E-state index < -0.39 is 0 Å². The molecule has 0 radical (unpaired) electrons. The van der Waals surface area contributed by atoms with Crippen molar-refractivity contribution in [3.05, 3.63) is 35.4 Å². The Hall–Kier alpha value is -0.860. The largest absolute Gasteiger partial charge is 0.310 e. The Kier molecular flexibility index (Phi) is 4.19. The number of hydrogen-bond acceptors (Lipinski definition) is 2. The van der Waals surface area contributed by atoms with E-state index in [-0.39, 0.29) is 0 Å². The summed E-state index contributed by atoms with van der Waals surface area (Å²) in [6.45, 7) is 3.40. The van der Waals surface area contributed by atoms with Crippen LogP contribution in [0.3, 0.4) is 0 Å². The van der Waals surface area contributed by atoms with Crippen molar-refractivity contribution in [1.82, 2.24) is 10.2 Å². The number of benzene rings is 1. The van der Waals surface area contributed by atoms with Gasteiger partial charge < -0.3 is 10.2 Å². The molecular weight excluding hydrogens is 232 g/mol. The number of hydrogen-bond donors (Lipinski definition) is 1. The molecule has 2 nitrogen and oxygen atoms in total. The standard InChI is InChI=1S/C17H26N2/c1-19(12-14-5-4-6-14)13-16-8-3-2-7-15(16)11-18-17-9-10-17/h2-3,7-8,14,17-18H,4-6,9-13H2,1H3. The topological polar surface area (TPSA) is 15.3 Å². The molecule has 0 spiro atoms. The van der Waals surface area contributed by atoms with Crippen LogP contribution in [0.2, 0.25) is 0 Å². The molecule has 0 aromatic heterocycles. The molecule has 19 heavy (non-hydrogen) atoms. The van der Waals surface area contributed by atoms with Crippen LogP contribution >= 0.6 is 0 Å². The van der Waals surface area contributed by atoms with Crippen molar-refractivity contribution in [3.8, 4) is 0 Å². The minimum Gasteiger partial charge on any atom is -0.310 e. The molecule has 0 atom stereocenters. The average molecular weight is 258 g/mol. The summed E-state index contributed by atoms with van der Waals surface area (Å²) in [5.41, 5.74) is 2.98. The third-order valence-corrected chi connectivity index (χ3v) is 4.51. The van der Waals surface area contributed by atoms with E-state index >= 15 is 0 Å². The molecule has 0 saturated heterocycles. The van der Waals surface area contributed by atoms with Crippen LogP contribution in [0.5, 0.6) is 0 Å². The van der Waals surface area contributed by atoms with Crippen molar-refractivity contribution >= 4 is 0 Å². The van der Waals surface area contributed by atoms with E-state index in [1.54, 1.807) is 0 Å². The molecule has 104 valence electrons. The second-order valence-corrected chi connectivity index (χ2v) is 6.42. The number of nitrogens with zero attached hydrogens (tertiary/aromatic N) is 1. The summed E-state index contributed by atoms with van der Waals surface area (Å²) in [6, 6.07) is 9.70. The highest BCUT2D eigenvalue weighted by Crippen LogP contribution is 2.27. The van der Waals surface area contributed by atoms with Crippen molar-refractivity contribution in [2.45, 2.75) is 51.2 Å². The lowest BCUT2D eigenvalue weighted by molar-refractivity contribution is 0.200. The fraction of sp³-hybridized carbons (Fsp3) is 0.647. The molecule has 1 N–H and O–H groups in total. The maximum Gasteiger partial charge on any atom is 0.0234 e. The lowest BCUT2D eigenvalue weighted by Gasteiger charge is -2.30. The van der Waals surface area contributed by atoms with E-state index in [1.807, 2.05) is 0 Å². The van der Waals surface area contributed by atoms with Crippen molar-refractivity contribution in [3.63, 3.8) is 0 Å². The van der Waals surface area contributed by atoms with Crippen molar-refractivity contribution in [1.29, 1.82) is 0 Å². The van der Waals surface area contributed by atoms with Gasteiger partial charge in [0, 0.05) is 25.7 Å². The van der Waals surface area contributed by atoms with Gasteiger partial charge in [-0.2, -0.15) is 0 Å². The number of nitrogens with one attached hydrogen (secondary N) is 1. The monoisotopic (exact) mass is 258 g/mol. The van der Waals surface area contributed by atoms with Gasteiger partial charge in [0.1, 0.15) is 0 Å². The first-order valence-corrected chi connectivity index (χ1v) is 7.80. The summed E-state index contributed by atoms with van der Waals surface area (Å²) >= 11 is 0. The molecular formula is C17H26N2. The van der Waals surface area contributed by atoms with Crippen molar-refractivity contribution in [2.24, 2.45) is 5.92 Å². The summed E-state index contributed by atoms with van der Waals surface area (Å²) in [5, 5.41) is 3.63. The molecule has 2 fully saturated rings. The van der Waals surface area contributed by atoms with Gasteiger partial charge in [-0.05, 0) is 49.8 Å². The van der Waals surface area contributed by atoms with Gasteiger partial charge in [0.25, 0.3) is 0 Å². The highest BCUT2D eigenvalue weighted by atomic mass is 15.1. The summed E-state index contributed by atoms with van der Waals surface area (Å²) < 4.78 is 0. The minimum atomic E-state index is 0.792. The Bertz CT molecular complexity index is 407. The maximum absolute atomic E-state index is 3.63. The van der Waals surface area contributed by atoms with Crippen molar-refractivity contribution in [2.75, 3.05) is 13.6 Å². The second-order valence-electron chi connectivity index (χ2n) is 6.42. The van der Waals surface area contributed by atoms with Crippen LogP contribution in [0.1, 0.15) is 43.2 Å². The molecule has 2 heteroatoms. The SMILES string of the molecule is CN(Cc1ccccc1CNC1CC1)CC1CCC1. The van der Waals surface area contributed by atoms with Gasteiger partial charge in [-0.1, -0.05) is 30.7 Å². The van der Waals surface area contributed by atoms with Crippen LogP contribution in [0, 0.1) is 5.92 Å². The quantitative estimate of drug-likeness (QED) is 0.808. The molecule has 0 aliphatic heterocycles. The Morgan fingerprint density at radius 1 is 1.11 bits per heavy atom. The number of rotatable bonds is 7. The highest BCUT2D eigenvalue weighted by molar-refractivity contribution is 5.27. The van der Waals surface area contributed by atoms with Gasteiger partial charge in [-0.25, -0.2) is 0 Å². The van der Waals surface area contributed by atoms with E-state index in [0.29, 0.717) is 0 Å². The van der Waals surface area contributed by atoms with Crippen LogP contribution in [0.4, 0.5) is 0 Å². The molecule has 3 rings (SSSR count). The Morgan fingerprint density at radius 2 is 1.84 bits per heavy atom. The Morgan fingerprint density at radius 3 is 2.47 bits per heavy atom. The minimum absolute atomic E-state index is 0.792.